The van der Waals surface area contributed by atoms with Gasteiger partial charge in [0.05, 0.1) is 25.6 Å². The number of H-pyrrole nitrogens is 1. The van der Waals surface area contributed by atoms with Gasteiger partial charge in [0, 0.05) is 33.6 Å². The van der Waals surface area contributed by atoms with Crippen LogP contribution in [0.4, 0.5) is 0 Å². The largest absolute Gasteiger partial charge is 0.497 e. The first-order chi connectivity index (χ1) is 17.0. The minimum absolute atomic E-state index is 0.568. The molecule has 0 aliphatic rings. The van der Waals surface area contributed by atoms with Gasteiger partial charge in [0.15, 0.2) is 0 Å². The molecule has 6 heteroatoms. The summed E-state index contributed by atoms with van der Waals surface area (Å²) in [5.41, 5.74) is 9.25. The maximum Gasteiger partial charge on any atom is 0.206 e. The number of hydrogen-bond acceptors (Lipinski definition) is 4. The van der Waals surface area contributed by atoms with Crippen LogP contribution in [0.5, 0.6) is 5.75 Å². The van der Waals surface area contributed by atoms with Crippen molar-refractivity contribution in [2.45, 2.75) is 27.3 Å². The van der Waals surface area contributed by atoms with Gasteiger partial charge in [-0.15, -0.1) is 11.3 Å². The van der Waals surface area contributed by atoms with E-state index >= 15 is 0 Å². The van der Waals surface area contributed by atoms with Gasteiger partial charge in [0.2, 0.25) is 4.80 Å². The molecule has 2 aromatic heterocycles. The fourth-order valence-corrected chi connectivity index (χ4v) is 5.31. The van der Waals surface area contributed by atoms with E-state index < -0.39 is 0 Å². The van der Waals surface area contributed by atoms with Crippen LogP contribution in [-0.2, 0) is 6.54 Å². The smallest absolute Gasteiger partial charge is 0.206 e. The summed E-state index contributed by atoms with van der Waals surface area (Å²) in [6.45, 7) is 7.03. The van der Waals surface area contributed by atoms with Crippen LogP contribution in [0.15, 0.2) is 82.3 Å². The molecule has 0 saturated carbocycles. The lowest BCUT2D eigenvalue weighted by atomic mass is 9.98. The molecule has 35 heavy (non-hydrogen) atoms. The number of nitrogens with zero attached hydrogens (tertiary/aromatic N) is 3. The van der Waals surface area contributed by atoms with Crippen molar-refractivity contribution < 1.29 is 4.74 Å². The number of thiazole rings is 1. The summed E-state index contributed by atoms with van der Waals surface area (Å²) in [6.07, 6.45) is 3.91. The first-order valence-corrected chi connectivity index (χ1v) is 12.4. The Bertz CT molecular complexity index is 1560. The van der Waals surface area contributed by atoms with Crippen LogP contribution < -0.4 is 9.54 Å². The normalized spacial score (nSPS) is 12.2. The lowest BCUT2D eigenvalue weighted by molar-refractivity contribution is 0.414. The maximum atomic E-state index is 5.28. The van der Waals surface area contributed by atoms with E-state index in [1.807, 2.05) is 53.5 Å². The van der Waals surface area contributed by atoms with E-state index in [2.05, 4.69) is 55.4 Å². The number of rotatable bonds is 6. The van der Waals surface area contributed by atoms with E-state index in [0.717, 1.165) is 38.3 Å². The van der Waals surface area contributed by atoms with Crippen LogP contribution in [0.25, 0.3) is 22.2 Å². The molecule has 0 fully saturated rings. The molecule has 3 aromatic carbocycles. The van der Waals surface area contributed by atoms with Gasteiger partial charge in [-0.25, -0.2) is 4.68 Å². The number of aromatic nitrogens is 2. The number of benzene rings is 3. The van der Waals surface area contributed by atoms with E-state index in [9.17, 15) is 0 Å². The molecule has 0 atom stereocenters. The minimum atomic E-state index is 0.568. The van der Waals surface area contributed by atoms with Gasteiger partial charge in [0.1, 0.15) is 5.75 Å². The van der Waals surface area contributed by atoms with Crippen molar-refractivity contribution in [2.24, 2.45) is 10.1 Å². The molecule has 0 aliphatic carbocycles. The number of methoxy groups -OCH3 is 1. The van der Waals surface area contributed by atoms with Crippen molar-refractivity contribution in [1.82, 2.24) is 9.66 Å². The number of aromatic amines is 1. The summed E-state index contributed by atoms with van der Waals surface area (Å²) >= 11 is 1.61. The second-order valence-electron chi connectivity index (χ2n) is 8.69. The highest BCUT2D eigenvalue weighted by Gasteiger charge is 2.13. The number of aryl methyl sites for hydroxylation is 3. The zero-order chi connectivity index (χ0) is 24.4. The number of fused-ring (bicyclic) bond motifs is 1. The van der Waals surface area contributed by atoms with Crippen molar-refractivity contribution in [1.29, 1.82) is 0 Å². The van der Waals surface area contributed by atoms with Crippen LogP contribution in [0.2, 0.25) is 0 Å². The molecule has 2 heterocycles. The van der Waals surface area contributed by atoms with Crippen LogP contribution in [0.1, 0.15) is 27.8 Å². The molecule has 5 aromatic rings. The minimum Gasteiger partial charge on any atom is -0.497 e. The number of hydrogen-bond donors (Lipinski definition) is 1. The summed E-state index contributed by atoms with van der Waals surface area (Å²) in [5.74, 6) is 0.843. The Balaban J connectivity index is 1.61. The zero-order valence-corrected chi connectivity index (χ0v) is 21.2. The highest BCUT2D eigenvalue weighted by atomic mass is 32.1. The Hall–Kier alpha value is -3.90. The molecule has 0 unspecified atom stereocenters. The third kappa shape index (κ3) is 4.70. The van der Waals surface area contributed by atoms with Gasteiger partial charge in [0.25, 0.3) is 0 Å². The van der Waals surface area contributed by atoms with Crippen LogP contribution >= 0.6 is 11.3 Å². The number of para-hydroxylation sites is 1. The molecule has 0 amide bonds. The van der Waals surface area contributed by atoms with Crippen molar-refractivity contribution in [3.8, 4) is 17.0 Å². The molecule has 0 spiro atoms. The second kappa shape index (κ2) is 9.76. The van der Waals surface area contributed by atoms with Crippen molar-refractivity contribution in [3.05, 3.63) is 105 Å². The Morgan fingerprint density at radius 1 is 1.00 bits per heavy atom. The molecule has 5 rings (SSSR count). The second-order valence-corrected chi connectivity index (χ2v) is 9.52. The van der Waals surface area contributed by atoms with Gasteiger partial charge < -0.3 is 9.72 Å². The van der Waals surface area contributed by atoms with E-state index in [0.29, 0.717) is 6.54 Å². The molecule has 1 N–H and O–H groups in total. The lowest BCUT2D eigenvalue weighted by Crippen LogP contribution is -2.13. The highest BCUT2D eigenvalue weighted by molar-refractivity contribution is 7.07. The van der Waals surface area contributed by atoms with Crippen LogP contribution in [0, 0.1) is 20.8 Å². The molecule has 0 aliphatic heterocycles. The molecule has 0 saturated heterocycles. The van der Waals surface area contributed by atoms with Gasteiger partial charge >= 0.3 is 0 Å². The average Bonchev–Trinajstić information content (AvgIpc) is 3.45. The maximum absolute atomic E-state index is 5.28. The quantitative estimate of drug-likeness (QED) is 0.273. The number of ether oxygens (including phenoxy) is 1. The average molecular weight is 481 g/mol. The molecule has 0 bridgehead atoms. The Kier molecular flexibility index (Phi) is 6.38. The van der Waals surface area contributed by atoms with Crippen molar-refractivity contribution in [3.63, 3.8) is 0 Å². The fraction of sp³-hybridized carbons (Fsp3) is 0.172. The van der Waals surface area contributed by atoms with Crippen LogP contribution in [0.3, 0.4) is 0 Å². The number of nitrogens with one attached hydrogen (secondary N) is 1. The summed E-state index contributed by atoms with van der Waals surface area (Å²) in [7, 11) is 1.68. The Morgan fingerprint density at radius 3 is 2.49 bits per heavy atom. The van der Waals surface area contributed by atoms with Gasteiger partial charge in [-0.3, -0.25) is 4.99 Å². The summed E-state index contributed by atoms with van der Waals surface area (Å²) < 4.78 is 7.25. The zero-order valence-electron chi connectivity index (χ0n) is 20.4. The van der Waals surface area contributed by atoms with Crippen LogP contribution in [-0.4, -0.2) is 23.0 Å². The third-order valence-electron chi connectivity index (χ3n) is 6.11. The predicted molar refractivity (Wildman–Crippen MR) is 146 cm³/mol. The molecule has 176 valence electrons. The SMILES string of the molecule is COc1ccc(CN=c2scc(-c3c(C)cc(C)cc3C)n2N=Cc2c[nH]c3ccccc23)cc1. The monoisotopic (exact) mass is 480 g/mol. The Morgan fingerprint density at radius 2 is 1.74 bits per heavy atom. The Labute approximate surface area is 209 Å². The lowest BCUT2D eigenvalue weighted by Gasteiger charge is -2.12. The molecular formula is C29H28N4OS. The highest BCUT2D eigenvalue weighted by Crippen LogP contribution is 2.29. The summed E-state index contributed by atoms with van der Waals surface area (Å²) in [5, 5.41) is 8.25. The standard InChI is InChI=1S/C29H28N4OS/c1-19-13-20(2)28(21(3)14-19)27-18-35-29(31-15-22-9-11-24(34-4)12-10-22)33(27)32-17-23-16-30-26-8-6-5-7-25(23)26/h5-14,16-18,30H,15H2,1-4H3. The fourth-order valence-electron chi connectivity index (χ4n) is 4.49. The summed E-state index contributed by atoms with van der Waals surface area (Å²) in [4.78, 5) is 9.12. The summed E-state index contributed by atoms with van der Waals surface area (Å²) in [6, 6.07) is 20.7. The van der Waals surface area contributed by atoms with Gasteiger partial charge in [-0.05, 0) is 55.7 Å². The first kappa shape index (κ1) is 22.9. The van der Waals surface area contributed by atoms with Gasteiger partial charge in [-0.2, -0.15) is 5.10 Å². The molecular weight excluding hydrogens is 452 g/mol. The first-order valence-electron chi connectivity index (χ1n) is 11.6. The van der Waals surface area contributed by atoms with E-state index in [1.165, 1.54) is 22.3 Å². The van der Waals surface area contributed by atoms with Gasteiger partial charge in [-0.1, -0.05) is 48.0 Å². The molecule has 5 nitrogen and oxygen atoms in total. The van der Waals surface area contributed by atoms with E-state index in [1.54, 1.807) is 18.4 Å². The third-order valence-corrected chi connectivity index (χ3v) is 6.96. The van der Waals surface area contributed by atoms with E-state index in [4.69, 9.17) is 14.8 Å². The predicted octanol–water partition coefficient (Wildman–Crippen LogP) is 6.61. The van der Waals surface area contributed by atoms with Crippen molar-refractivity contribution >= 4 is 28.5 Å². The topological polar surface area (TPSA) is 54.7 Å². The van der Waals surface area contributed by atoms with Crippen molar-refractivity contribution in [2.75, 3.05) is 7.11 Å². The molecule has 0 radical (unpaired) electrons. The van der Waals surface area contributed by atoms with E-state index in [-0.39, 0.29) is 0 Å².